The molecule has 0 aromatic heterocycles. The highest BCUT2D eigenvalue weighted by Gasteiger charge is 2.19. The van der Waals surface area contributed by atoms with E-state index in [2.05, 4.69) is 18.2 Å². The maximum absolute atomic E-state index is 9.77. The number of ether oxygens (including phenoxy) is 1. The van der Waals surface area contributed by atoms with E-state index in [1.807, 2.05) is 36.4 Å². The normalized spacial score (nSPS) is 11.6. The lowest BCUT2D eigenvalue weighted by Gasteiger charge is -2.08. The predicted molar refractivity (Wildman–Crippen MR) is 79.1 cm³/mol. The highest BCUT2D eigenvalue weighted by molar-refractivity contribution is 5.90. The maximum atomic E-state index is 9.77. The van der Waals surface area contributed by atoms with Gasteiger partial charge in [-0.15, -0.1) is 0 Å². The quantitative estimate of drug-likeness (QED) is 0.490. The van der Waals surface area contributed by atoms with Crippen molar-refractivity contribution in [2.45, 2.75) is 0 Å². The molecule has 0 spiro atoms. The standard InChI is InChI=1S/C18H12O2/c19-12-9-10-18-16(11-12)14-6-2-1-5-13(14)15-7-3-4-8-17(15)20-18/h1-11,19H. The Bertz CT molecular complexity index is 806. The van der Waals surface area contributed by atoms with Crippen molar-refractivity contribution in [2.24, 2.45) is 0 Å². The van der Waals surface area contributed by atoms with Crippen molar-refractivity contribution in [3.05, 3.63) is 66.7 Å². The van der Waals surface area contributed by atoms with Crippen molar-refractivity contribution in [2.75, 3.05) is 0 Å². The van der Waals surface area contributed by atoms with E-state index in [1.165, 1.54) is 0 Å². The van der Waals surface area contributed by atoms with E-state index in [0.29, 0.717) is 0 Å². The minimum Gasteiger partial charge on any atom is -0.508 e. The van der Waals surface area contributed by atoms with Crippen LogP contribution in [0.5, 0.6) is 17.2 Å². The second kappa shape index (κ2) is 4.14. The van der Waals surface area contributed by atoms with E-state index >= 15 is 0 Å². The van der Waals surface area contributed by atoms with E-state index < -0.39 is 0 Å². The number of phenols is 1. The Morgan fingerprint density at radius 1 is 0.600 bits per heavy atom. The van der Waals surface area contributed by atoms with Gasteiger partial charge in [0.05, 0.1) is 0 Å². The summed E-state index contributed by atoms with van der Waals surface area (Å²) in [4.78, 5) is 0. The van der Waals surface area contributed by atoms with Crippen LogP contribution >= 0.6 is 0 Å². The van der Waals surface area contributed by atoms with Crippen LogP contribution in [0.1, 0.15) is 0 Å². The summed E-state index contributed by atoms with van der Waals surface area (Å²) in [5, 5.41) is 9.77. The molecule has 20 heavy (non-hydrogen) atoms. The Labute approximate surface area is 116 Å². The molecular weight excluding hydrogens is 248 g/mol. The molecule has 2 nitrogen and oxygen atoms in total. The molecule has 0 unspecified atom stereocenters. The number of hydrogen-bond donors (Lipinski definition) is 1. The van der Waals surface area contributed by atoms with Gasteiger partial charge in [-0.25, -0.2) is 0 Å². The van der Waals surface area contributed by atoms with Crippen molar-refractivity contribution in [1.82, 2.24) is 0 Å². The number of benzene rings is 3. The monoisotopic (exact) mass is 260 g/mol. The highest BCUT2D eigenvalue weighted by atomic mass is 16.5. The Morgan fingerprint density at radius 2 is 1.20 bits per heavy atom. The molecule has 1 heterocycles. The lowest BCUT2D eigenvalue weighted by atomic mass is 9.95. The first kappa shape index (κ1) is 11.1. The van der Waals surface area contributed by atoms with E-state index in [0.717, 1.165) is 33.8 Å². The summed E-state index contributed by atoms with van der Waals surface area (Å²) in [7, 11) is 0. The number of para-hydroxylation sites is 1. The van der Waals surface area contributed by atoms with Gasteiger partial charge < -0.3 is 9.84 Å². The molecule has 0 bridgehead atoms. The van der Waals surface area contributed by atoms with E-state index in [1.54, 1.807) is 12.1 Å². The summed E-state index contributed by atoms with van der Waals surface area (Å²) in [6, 6.07) is 21.4. The van der Waals surface area contributed by atoms with Gasteiger partial charge in [-0.1, -0.05) is 42.5 Å². The third kappa shape index (κ3) is 1.58. The van der Waals surface area contributed by atoms with Crippen LogP contribution < -0.4 is 4.74 Å². The molecule has 0 radical (unpaired) electrons. The zero-order chi connectivity index (χ0) is 13.5. The van der Waals surface area contributed by atoms with E-state index in [9.17, 15) is 5.11 Å². The lowest BCUT2D eigenvalue weighted by Crippen LogP contribution is -1.85. The van der Waals surface area contributed by atoms with Gasteiger partial charge in [-0.2, -0.15) is 0 Å². The SMILES string of the molecule is Oc1ccc2c(c1)-c1ccccc1-c1ccccc1O2. The van der Waals surface area contributed by atoms with Crippen LogP contribution in [0.3, 0.4) is 0 Å². The second-order valence-electron chi connectivity index (χ2n) is 4.82. The summed E-state index contributed by atoms with van der Waals surface area (Å²) in [6.45, 7) is 0. The van der Waals surface area contributed by atoms with Crippen molar-refractivity contribution in [3.63, 3.8) is 0 Å². The average Bonchev–Trinajstić information content (AvgIpc) is 2.62. The Balaban J connectivity index is 2.12. The van der Waals surface area contributed by atoms with Crippen LogP contribution in [0.4, 0.5) is 0 Å². The minimum atomic E-state index is 0.244. The molecule has 3 aromatic carbocycles. The van der Waals surface area contributed by atoms with Crippen molar-refractivity contribution >= 4 is 0 Å². The molecule has 4 rings (SSSR count). The van der Waals surface area contributed by atoms with Crippen LogP contribution in [0.15, 0.2) is 66.7 Å². The summed E-state index contributed by atoms with van der Waals surface area (Å²) in [5.41, 5.74) is 4.17. The molecule has 2 heteroatoms. The van der Waals surface area contributed by atoms with Gasteiger partial charge in [0.25, 0.3) is 0 Å². The molecule has 0 aliphatic carbocycles. The largest absolute Gasteiger partial charge is 0.508 e. The fourth-order valence-electron chi connectivity index (χ4n) is 2.67. The maximum Gasteiger partial charge on any atom is 0.135 e. The Hall–Kier alpha value is -2.74. The number of hydrogen-bond acceptors (Lipinski definition) is 2. The zero-order valence-corrected chi connectivity index (χ0v) is 10.7. The Morgan fingerprint density at radius 3 is 2.00 bits per heavy atom. The van der Waals surface area contributed by atoms with Gasteiger partial charge in [0.15, 0.2) is 0 Å². The number of rotatable bonds is 0. The molecule has 0 saturated heterocycles. The zero-order valence-electron chi connectivity index (χ0n) is 10.7. The van der Waals surface area contributed by atoms with E-state index in [-0.39, 0.29) is 5.75 Å². The first-order valence-electron chi connectivity index (χ1n) is 6.52. The van der Waals surface area contributed by atoms with Gasteiger partial charge in [-0.3, -0.25) is 0 Å². The fourth-order valence-corrected chi connectivity index (χ4v) is 2.67. The van der Waals surface area contributed by atoms with Crippen LogP contribution in [0, 0.1) is 0 Å². The second-order valence-corrected chi connectivity index (χ2v) is 4.82. The number of aromatic hydroxyl groups is 1. The smallest absolute Gasteiger partial charge is 0.135 e. The molecule has 1 aliphatic heterocycles. The van der Waals surface area contributed by atoms with Gasteiger partial charge in [0.2, 0.25) is 0 Å². The first-order chi connectivity index (χ1) is 9.83. The van der Waals surface area contributed by atoms with Gasteiger partial charge in [-0.05, 0) is 35.4 Å². The molecule has 1 N–H and O–H groups in total. The molecule has 96 valence electrons. The van der Waals surface area contributed by atoms with Crippen molar-refractivity contribution < 1.29 is 9.84 Å². The van der Waals surface area contributed by atoms with Crippen LogP contribution in [0.2, 0.25) is 0 Å². The third-order valence-corrected chi connectivity index (χ3v) is 3.58. The van der Waals surface area contributed by atoms with E-state index in [4.69, 9.17) is 4.74 Å². The molecule has 0 fully saturated rings. The molecular formula is C18H12O2. The summed E-state index contributed by atoms with van der Waals surface area (Å²) in [6.07, 6.45) is 0. The Kier molecular flexibility index (Phi) is 2.30. The lowest BCUT2D eigenvalue weighted by molar-refractivity contribution is 0.467. The van der Waals surface area contributed by atoms with Crippen molar-refractivity contribution in [3.8, 4) is 39.5 Å². The number of fused-ring (bicyclic) bond motifs is 5. The van der Waals surface area contributed by atoms with Gasteiger partial charge in [0, 0.05) is 11.1 Å². The summed E-state index contributed by atoms with van der Waals surface area (Å²) >= 11 is 0. The van der Waals surface area contributed by atoms with Crippen LogP contribution in [-0.4, -0.2) is 5.11 Å². The van der Waals surface area contributed by atoms with Crippen molar-refractivity contribution in [1.29, 1.82) is 0 Å². The van der Waals surface area contributed by atoms with Crippen LogP contribution in [0.25, 0.3) is 22.3 Å². The van der Waals surface area contributed by atoms with Gasteiger partial charge in [0.1, 0.15) is 17.2 Å². The molecule has 1 aliphatic rings. The minimum absolute atomic E-state index is 0.244. The molecule has 0 saturated carbocycles. The molecule has 0 atom stereocenters. The summed E-state index contributed by atoms with van der Waals surface area (Å²) < 4.78 is 6.03. The molecule has 0 amide bonds. The predicted octanol–water partition coefficient (Wildman–Crippen LogP) is 4.83. The number of phenolic OH excluding ortho intramolecular Hbond substituents is 1. The average molecular weight is 260 g/mol. The molecule has 3 aromatic rings. The topological polar surface area (TPSA) is 29.5 Å². The first-order valence-corrected chi connectivity index (χ1v) is 6.52. The highest BCUT2D eigenvalue weighted by Crippen LogP contribution is 2.47. The third-order valence-electron chi connectivity index (χ3n) is 3.58. The van der Waals surface area contributed by atoms with Crippen LogP contribution in [-0.2, 0) is 0 Å². The van der Waals surface area contributed by atoms with Gasteiger partial charge >= 0.3 is 0 Å². The fraction of sp³-hybridized carbons (Fsp3) is 0. The summed E-state index contributed by atoms with van der Waals surface area (Å²) in [5.74, 6) is 1.85.